The van der Waals surface area contributed by atoms with Crippen LogP contribution in [0.4, 0.5) is 0 Å². The topological polar surface area (TPSA) is 47.6 Å². The molecule has 0 aromatic heterocycles. The van der Waals surface area contributed by atoms with Crippen molar-refractivity contribution in [3.05, 3.63) is 23.8 Å². The van der Waals surface area contributed by atoms with Crippen LogP contribution >= 0.6 is 0 Å². The lowest BCUT2D eigenvalue weighted by Crippen LogP contribution is -2.37. The number of carbonyl (C=O) groups is 1. The number of hydrogen-bond donors (Lipinski definition) is 1. The molecule has 0 aliphatic rings. The van der Waals surface area contributed by atoms with E-state index in [2.05, 4.69) is 11.2 Å². The molecule has 4 heteroatoms. The first-order chi connectivity index (χ1) is 9.03. The highest BCUT2D eigenvalue weighted by molar-refractivity contribution is 5.95. The molecule has 1 unspecified atom stereocenters. The van der Waals surface area contributed by atoms with Gasteiger partial charge in [0.15, 0.2) is 11.5 Å². The van der Waals surface area contributed by atoms with Crippen LogP contribution in [0.3, 0.4) is 0 Å². The minimum Gasteiger partial charge on any atom is -0.493 e. The Bertz CT molecular complexity index is 489. The van der Waals surface area contributed by atoms with Gasteiger partial charge in [-0.3, -0.25) is 4.79 Å². The van der Waals surface area contributed by atoms with Gasteiger partial charge >= 0.3 is 0 Å². The summed E-state index contributed by atoms with van der Waals surface area (Å²) in [6.07, 6.45) is 5.39. The van der Waals surface area contributed by atoms with Gasteiger partial charge in [-0.05, 0) is 24.1 Å². The van der Waals surface area contributed by atoms with E-state index in [1.165, 1.54) is 7.11 Å². The number of amides is 1. The third-order valence-electron chi connectivity index (χ3n) is 2.78. The molecule has 4 nitrogen and oxygen atoms in total. The standard InChI is InChI=1S/C15H19NO3/c1-6-12(10(2)3)16-15(17)11-7-8-13(18-4)14(9-11)19-5/h1,7-10,12H,2-5H3,(H,16,17). The molecular weight excluding hydrogens is 242 g/mol. The zero-order valence-electron chi connectivity index (χ0n) is 11.7. The molecule has 0 bridgehead atoms. The lowest BCUT2D eigenvalue weighted by molar-refractivity contribution is 0.0937. The van der Waals surface area contributed by atoms with Crippen LogP contribution in [0.5, 0.6) is 11.5 Å². The molecule has 1 rings (SSSR count). The number of benzene rings is 1. The maximum atomic E-state index is 12.1. The van der Waals surface area contributed by atoms with Crippen molar-refractivity contribution >= 4 is 5.91 Å². The molecule has 102 valence electrons. The Morgan fingerprint density at radius 3 is 2.37 bits per heavy atom. The normalized spacial score (nSPS) is 11.6. The van der Waals surface area contributed by atoms with E-state index in [1.807, 2.05) is 13.8 Å². The van der Waals surface area contributed by atoms with Crippen molar-refractivity contribution < 1.29 is 14.3 Å². The molecule has 0 aliphatic carbocycles. The van der Waals surface area contributed by atoms with Crippen LogP contribution in [0, 0.1) is 18.3 Å². The molecule has 0 saturated carbocycles. The molecule has 1 atom stereocenters. The Balaban J connectivity index is 2.92. The van der Waals surface area contributed by atoms with Gasteiger partial charge in [0.2, 0.25) is 0 Å². The van der Waals surface area contributed by atoms with Gasteiger partial charge in [0, 0.05) is 5.56 Å². The summed E-state index contributed by atoms with van der Waals surface area (Å²) in [4.78, 5) is 12.1. The second-order valence-corrected chi connectivity index (χ2v) is 4.43. The van der Waals surface area contributed by atoms with Gasteiger partial charge in [-0.2, -0.15) is 0 Å². The van der Waals surface area contributed by atoms with E-state index in [0.717, 1.165) is 0 Å². The largest absolute Gasteiger partial charge is 0.493 e. The van der Waals surface area contributed by atoms with E-state index in [4.69, 9.17) is 15.9 Å². The third-order valence-corrected chi connectivity index (χ3v) is 2.78. The van der Waals surface area contributed by atoms with Gasteiger partial charge in [0.1, 0.15) is 0 Å². The van der Waals surface area contributed by atoms with E-state index >= 15 is 0 Å². The molecule has 0 saturated heterocycles. The fourth-order valence-electron chi connectivity index (χ4n) is 1.60. The quantitative estimate of drug-likeness (QED) is 0.826. The lowest BCUT2D eigenvalue weighted by Gasteiger charge is -2.17. The predicted molar refractivity (Wildman–Crippen MR) is 74.5 cm³/mol. The van der Waals surface area contributed by atoms with Gasteiger partial charge in [0.05, 0.1) is 20.3 Å². The summed E-state index contributed by atoms with van der Waals surface area (Å²) in [6.45, 7) is 3.92. The SMILES string of the molecule is C#CC(NC(=O)c1ccc(OC)c(OC)c1)C(C)C. The molecule has 1 amide bonds. The van der Waals surface area contributed by atoms with E-state index in [0.29, 0.717) is 17.1 Å². The number of hydrogen-bond acceptors (Lipinski definition) is 3. The summed E-state index contributed by atoms with van der Waals surface area (Å²) >= 11 is 0. The number of ether oxygens (including phenoxy) is 2. The van der Waals surface area contributed by atoms with Crippen molar-refractivity contribution in [1.29, 1.82) is 0 Å². The zero-order valence-corrected chi connectivity index (χ0v) is 11.7. The summed E-state index contributed by atoms with van der Waals surface area (Å²) in [5.41, 5.74) is 0.485. The highest BCUT2D eigenvalue weighted by Gasteiger charge is 2.16. The van der Waals surface area contributed by atoms with Gasteiger partial charge < -0.3 is 14.8 Å². The average Bonchev–Trinajstić information content (AvgIpc) is 2.43. The maximum Gasteiger partial charge on any atom is 0.252 e. The molecule has 0 fully saturated rings. The van der Waals surface area contributed by atoms with Gasteiger partial charge in [-0.25, -0.2) is 0 Å². The molecular formula is C15H19NO3. The van der Waals surface area contributed by atoms with Crippen LogP contribution < -0.4 is 14.8 Å². The van der Waals surface area contributed by atoms with Gasteiger partial charge in [0.25, 0.3) is 5.91 Å². The zero-order chi connectivity index (χ0) is 14.4. The molecule has 1 aromatic carbocycles. The van der Waals surface area contributed by atoms with Crippen LogP contribution in [0.25, 0.3) is 0 Å². The molecule has 0 aliphatic heterocycles. The van der Waals surface area contributed by atoms with E-state index in [-0.39, 0.29) is 17.9 Å². The van der Waals surface area contributed by atoms with Crippen molar-refractivity contribution in [2.45, 2.75) is 19.9 Å². The van der Waals surface area contributed by atoms with Gasteiger partial charge in [-0.1, -0.05) is 19.8 Å². The van der Waals surface area contributed by atoms with Crippen molar-refractivity contribution in [3.63, 3.8) is 0 Å². The van der Waals surface area contributed by atoms with Crippen LogP contribution in [0.15, 0.2) is 18.2 Å². The Hall–Kier alpha value is -2.15. The highest BCUT2D eigenvalue weighted by atomic mass is 16.5. The van der Waals surface area contributed by atoms with E-state index in [9.17, 15) is 4.79 Å². The molecule has 19 heavy (non-hydrogen) atoms. The number of rotatable bonds is 5. The second kappa shape index (κ2) is 6.69. The first-order valence-electron chi connectivity index (χ1n) is 6.02. The molecule has 1 N–H and O–H groups in total. The summed E-state index contributed by atoms with van der Waals surface area (Å²) in [5, 5.41) is 2.80. The van der Waals surface area contributed by atoms with E-state index in [1.54, 1.807) is 25.3 Å². The number of methoxy groups -OCH3 is 2. The molecule has 0 heterocycles. The number of terminal acetylenes is 1. The molecule has 0 spiro atoms. The Labute approximate surface area is 114 Å². The monoisotopic (exact) mass is 261 g/mol. The first-order valence-corrected chi connectivity index (χ1v) is 6.02. The summed E-state index contributed by atoms with van der Waals surface area (Å²) in [7, 11) is 3.07. The van der Waals surface area contributed by atoms with Crippen LogP contribution in [-0.2, 0) is 0 Å². The Kier molecular flexibility index (Phi) is 5.25. The lowest BCUT2D eigenvalue weighted by atomic mass is 10.0. The second-order valence-electron chi connectivity index (χ2n) is 4.43. The van der Waals surface area contributed by atoms with E-state index < -0.39 is 0 Å². The van der Waals surface area contributed by atoms with Gasteiger partial charge in [-0.15, -0.1) is 6.42 Å². The summed E-state index contributed by atoms with van der Waals surface area (Å²) in [6, 6.07) is 4.70. The van der Waals surface area contributed by atoms with Crippen molar-refractivity contribution in [1.82, 2.24) is 5.32 Å². The number of carbonyl (C=O) groups excluding carboxylic acids is 1. The smallest absolute Gasteiger partial charge is 0.252 e. The Morgan fingerprint density at radius 2 is 1.89 bits per heavy atom. The Morgan fingerprint density at radius 1 is 1.26 bits per heavy atom. The molecule has 1 aromatic rings. The van der Waals surface area contributed by atoms with Crippen molar-refractivity contribution in [2.75, 3.05) is 14.2 Å². The third kappa shape index (κ3) is 3.65. The van der Waals surface area contributed by atoms with Crippen LogP contribution in [0.1, 0.15) is 24.2 Å². The maximum absolute atomic E-state index is 12.1. The minimum absolute atomic E-state index is 0.175. The fourth-order valence-corrected chi connectivity index (χ4v) is 1.60. The predicted octanol–water partition coefficient (Wildman–Crippen LogP) is 2.09. The summed E-state index contributed by atoms with van der Waals surface area (Å²) in [5.74, 6) is 3.61. The van der Waals surface area contributed by atoms with Crippen LogP contribution in [0.2, 0.25) is 0 Å². The molecule has 0 radical (unpaired) electrons. The minimum atomic E-state index is -0.291. The average molecular weight is 261 g/mol. The first kappa shape index (κ1) is 14.9. The summed E-state index contributed by atoms with van der Waals surface area (Å²) < 4.78 is 10.3. The van der Waals surface area contributed by atoms with Crippen LogP contribution in [-0.4, -0.2) is 26.2 Å². The highest BCUT2D eigenvalue weighted by Crippen LogP contribution is 2.27. The van der Waals surface area contributed by atoms with Crippen molar-refractivity contribution in [3.8, 4) is 23.8 Å². The fraction of sp³-hybridized carbons (Fsp3) is 0.400. The number of nitrogens with one attached hydrogen (secondary N) is 1. The van der Waals surface area contributed by atoms with Crippen molar-refractivity contribution in [2.24, 2.45) is 5.92 Å².